The van der Waals surface area contributed by atoms with Crippen molar-refractivity contribution in [3.05, 3.63) is 70.8 Å². The number of fused-ring (bicyclic) bond motifs is 3. The number of hydrogen-bond donors (Lipinski definition) is 1. The van der Waals surface area contributed by atoms with Crippen LogP contribution in [0.3, 0.4) is 0 Å². The van der Waals surface area contributed by atoms with E-state index in [4.69, 9.17) is 9.47 Å². The van der Waals surface area contributed by atoms with Crippen LogP contribution < -0.4 is 10.1 Å². The van der Waals surface area contributed by atoms with Gasteiger partial charge in [-0.3, -0.25) is 0 Å². The number of esters is 1. The molecule has 0 amide bonds. The molecule has 0 fully saturated rings. The van der Waals surface area contributed by atoms with Gasteiger partial charge in [0, 0.05) is 11.6 Å². The van der Waals surface area contributed by atoms with E-state index in [0.717, 1.165) is 23.4 Å². The van der Waals surface area contributed by atoms with Gasteiger partial charge in [0.2, 0.25) is 0 Å². The summed E-state index contributed by atoms with van der Waals surface area (Å²) in [7, 11) is 1.41. The Morgan fingerprint density at radius 1 is 1.14 bits per heavy atom. The zero-order chi connectivity index (χ0) is 19.8. The third-order valence-corrected chi connectivity index (χ3v) is 5.73. The Balaban J connectivity index is 1.69. The number of aryl methyl sites for hydroxylation is 1. The standard InChI is InChI=1S/C24H27NO3/c1-14(2)28-17-9-11-22-21(13-17)19-6-5-7-20(19)23(25-22)18-10-8-16(12-15(18)3)24(26)27-4/h5-6,8-14,19-20,23,25H,7H2,1-4H3. The SMILES string of the molecule is COC(=O)c1ccc(C2Nc3ccc(OC(C)C)cc3C3C=CCC32)c(C)c1. The van der Waals surface area contributed by atoms with Gasteiger partial charge in [0.1, 0.15) is 5.75 Å². The normalized spacial score (nSPS) is 22.4. The first-order valence-corrected chi connectivity index (χ1v) is 9.90. The van der Waals surface area contributed by atoms with Crippen LogP contribution in [0.1, 0.15) is 59.3 Å². The van der Waals surface area contributed by atoms with E-state index < -0.39 is 0 Å². The van der Waals surface area contributed by atoms with E-state index in [0.29, 0.717) is 17.4 Å². The van der Waals surface area contributed by atoms with E-state index in [1.54, 1.807) is 0 Å². The van der Waals surface area contributed by atoms with Gasteiger partial charge in [0.25, 0.3) is 0 Å². The zero-order valence-corrected chi connectivity index (χ0v) is 16.9. The van der Waals surface area contributed by atoms with Crippen LogP contribution in [-0.2, 0) is 4.74 Å². The molecule has 3 unspecified atom stereocenters. The van der Waals surface area contributed by atoms with Crippen LogP contribution in [0.4, 0.5) is 5.69 Å². The summed E-state index contributed by atoms with van der Waals surface area (Å²) in [5.41, 5.74) is 5.40. The van der Waals surface area contributed by atoms with Crippen LogP contribution in [0.15, 0.2) is 48.6 Å². The number of ether oxygens (including phenoxy) is 2. The number of benzene rings is 2. The topological polar surface area (TPSA) is 47.6 Å². The Morgan fingerprint density at radius 3 is 2.68 bits per heavy atom. The van der Waals surface area contributed by atoms with E-state index in [-0.39, 0.29) is 18.1 Å². The van der Waals surface area contributed by atoms with Gasteiger partial charge in [-0.15, -0.1) is 0 Å². The number of methoxy groups -OCH3 is 1. The summed E-state index contributed by atoms with van der Waals surface area (Å²) < 4.78 is 10.8. The molecule has 4 rings (SSSR count). The highest BCUT2D eigenvalue weighted by atomic mass is 16.5. The fourth-order valence-electron chi connectivity index (χ4n) is 4.50. The summed E-state index contributed by atoms with van der Waals surface area (Å²) >= 11 is 0. The minimum atomic E-state index is -0.297. The Bertz CT molecular complexity index is 931. The highest BCUT2D eigenvalue weighted by Crippen LogP contribution is 2.51. The van der Waals surface area contributed by atoms with Crippen molar-refractivity contribution in [1.29, 1.82) is 0 Å². The number of allylic oxidation sites excluding steroid dienone is 2. The Labute approximate surface area is 166 Å². The number of anilines is 1. The first kappa shape index (κ1) is 18.6. The molecule has 0 aromatic heterocycles. The number of rotatable bonds is 4. The molecular formula is C24H27NO3. The van der Waals surface area contributed by atoms with Gasteiger partial charge in [-0.2, -0.15) is 0 Å². The van der Waals surface area contributed by atoms with E-state index in [1.165, 1.54) is 18.2 Å². The van der Waals surface area contributed by atoms with Crippen LogP contribution in [0.5, 0.6) is 5.75 Å². The molecule has 0 saturated heterocycles. The third-order valence-electron chi connectivity index (χ3n) is 5.73. The van der Waals surface area contributed by atoms with Gasteiger partial charge in [-0.05, 0) is 80.1 Å². The Kier molecular flexibility index (Phi) is 4.88. The summed E-state index contributed by atoms with van der Waals surface area (Å²) in [5.74, 6) is 1.45. The van der Waals surface area contributed by atoms with Gasteiger partial charge >= 0.3 is 5.97 Å². The molecule has 3 atom stereocenters. The number of hydrogen-bond acceptors (Lipinski definition) is 4. The van der Waals surface area contributed by atoms with Crippen molar-refractivity contribution in [3.8, 4) is 5.75 Å². The van der Waals surface area contributed by atoms with Crippen molar-refractivity contribution < 1.29 is 14.3 Å². The first-order chi connectivity index (χ1) is 13.5. The zero-order valence-electron chi connectivity index (χ0n) is 16.9. The summed E-state index contributed by atoms with van der Waals surface area (Å²) in [6.45, 7) is 6.16. The highest BCUT2D eigenvalue weighted by molar-refractivity contribution is 5.89. The fourth-order valence-corrected chi connectivity index (χ4v) is 4.50. The lowest BCUT2D eigenvalue weighted by Crippen LogP contribution is -2.29. The minimum absolute atomic E-state index is 0.160. The van der Waals surface area contributed by atoms with Crippen molar-refractivity contribution in [2.45, 2.75) is 45.3 Å². The molecule has 1 heterocycles. The molecule has 0 bridgehead atoms. The second-order valence-corrected chi connectivity index (χ2v) is 7.95. The van der Waals surface area contributed by atoms with Crippen molar-refractivity contribution in [3.63, 3.8) is 0 Å². The highest BCUT2D eigenvalue weighted by Gasteiger charge is 2.38. The second kappa shape index (κ2) is 7.34. The molecule has 146 valence electrons. The van der Waals surface area contributed by atoms with E-state index >= 15 is 0 Å². The largest absolute Gasteiger partial charge is 0.491 e. The van der Waals surface area contributed by atoms with Gasteiger partial charge in [-0.1, -0.05) is 18.2 Å². The maximum Gasteiger partial charge on any atom is 0.337 e. The molecule has 1 aliphatic carbocycles. The Hall–Kier alpha value is -2.75. The number of carbonyl (C=O) groups is 1. The van der Waals surface area contributed by atoms with Gasteiger partial charge in [0.05, 0.1) is 24.8 Å². The molecule has 0 radical (unpaired) electrons. The van der Waals surface area contributed by atoms with Crippen LogP contribution in [0.2, 0.25) is 0 Å². The first-order valence-electron chi connectivity index (χ1n) is 9.90. The maximum absolute atomic E-state index is 11.8. The van der Waals surface area contributed by atoms with Crippen LogP contribution in [0.25, 0.3) is 0 Å². The molecule has 2 aromatic rings. The Morgan fingerprint density at radius 2 is 1.96 bits per heavy atom. The molecular weight excluding hydrogens is 350 g/mol. The molecule has 4 heteroatoms. The summed E-state index contributed by atoms with van der Waals surface area (Å²) in [6.07, 6.45) is 5.81. The number of carbonyl (C=O) groups excluding carboxylic acids is 1. The van der Waals surface area contributed by atoms with E-state index in [2.05, 4.69) is 42.6 Å². The summed E-state index contributed by atoms with van der Waals surface area (Å²) in [4.78, 5) is 11.8. The molecule has 2 aromatic carbocycles. The fraction of sp³-hybridized carbons (Fsp3) is 0.375. The van der Waals surface area contributed by atoms with E-state index in [1.807, 2.05) is 32.0 Å². The summed E-state index contributed by atoms with van der Waals surface area (Å²) in [5, 5.41) is 3.76. The quantitative estimate of drug-likeness (QED) is 0.573. The summed E-state index contributed by atoms with van der Waals surface area (Å²) in [6, 6.07) is 12.4. The lowest BCUT2D eigenvalue weighted by molar-refractivity contribution is 0.0600. The van der Waals surface area contributed by atoms with Crippen LogP contribution >= 0.6 is 0 Å². The van der Waals surface area contributed by atoms with Crippen molar-refractivity contribution >= 4 is 11.7 Å². The van der Waals surface area contributed by atoms with Crippen molar-refractivity contribution in [2.75, 3.05) is 12.4 Å². The lowest BCUT2D eigenvalue weighted by Gasteiger charge is -2.38. The molecule has 0 saturated carbocycles. The second-order valence-electron chi connectivity index (χ2n) is 7.95. The van der Waals surface area contributed by atoms with E-state index in [9.17, 15) is 4.79 Å². The van der Waals surface area contributed by atoms with Crippen LogP contribution in [0, 0.1) is 12.8 Å². The average molecular weight is 377 g/mol. The average Bonchev–Trinajstić information content (AvgIpc) is 3.17. The smallest absolute Gasteiger partial charge is 0.337 e. The van der Waals surface area contributed by atoms with Gasteiger partial charge in [0.15, 0.2) is 0 Å². The molecule has 1 aliphatic heterocycles. The van der Waals surface area contributed by atoms with Crippen LogP contribution in [-0.4, -0.2) is 19.2 Å². The third kappa shape index (κ3) is 3.28. The van der Waals surface area contributed by atoms with Gasteiger partial charge in [-0.25, -0.2) is 4.79 Å². The molecule has 2 aliphatic rings. The van der Waals surface area contributed by atoms with Crippen molar-refractivity contribution in [1.82, 2.24) is 0 Å². The monoisotopic (exact) mass is 377 g/mol. The predicted octanol–water partition coefficient (Wildman–Crippen LogP) is 5.40. The lowest BCUT2D eigenvalue weighted by atomic mass is 9.76. The maximum atomic E-state index is 11.8. The van der Waals surface area contributed by atoms with Crippen molar-refractivity contribution in [2.24, 2.45) is 5.92 Å². The molecule has 4 nitrogen and oxygen atoms in total. The number of nitrogens with one attached hydrogen (secondary N) is 1. The molecule has 28 heavy (non-hydrogen) atoms. The molecule has 1 N–H and O–H groups in total. The minimum Gasteiger partial charge on any atom is -0.491 e. The van der Waals surface area contributed by atoms with Gasteiger partial charge < -0.3 is 14.8 Å². The predicted molar refractivity (Wildman–Crippen MR) is 111 cm³/mol. The molecule has 0 spiro atoms.